The Bertz CT molecular complexity index is 1060. The van der Waals surface area contributed by atoms with Crippen LogP contribution in [0.5, 0.6) is 0 Å². The molecule has 10 heteroatoms. The average molecular weight is 431 g/mol. The summed E-state index contributed by atoms with van der Waals surface area (Å²) in [6, 6.07) is 7.51. The van der Waals surface area contributed by atoms with Crippen molar-refractivity contribution in [2.75, 3.05) is 17.4 Å². The summed E-state index contributed by atoms with van der Waals surface area (Å²) in [4.78, 5) is 29.5. The quantitative estimate of drug-likeness (QED) is 0.773. The smallest absolute Gasteiger partial charge is 0.253 e. The molecular weight excluding hydrogens is 415 g/mol. The predicted octanol–water partition coefficient (Wildman–Crippen LogP) is 3.04. The molecule has 1 atom stereocenters. The first-order chi connectivity index (χ1) is 13.8. The van der Waals surface area contributed by atoms with Crippen molar-refractivity contribution in [3.05, 3.63) is 52.2 Å². The molecule has 2 heterocycles. The van der Waals surface area contributed by atoms with E-state index >= 15 is 0 Å². The van der Waals surface area contributed by atoms with Gasteiger partial charge in [0, 0.05) is 19.7 Å². The van der Waals surface area contributed by atoms with E-state index in [1.807, 2.05) is 6.07 Å². The summed E-state index contributed by atoms with van der Waals surface area (Å²) in [6.07, 6.45) is 1.69. The first-order valence-electron chi connectivity index (χ1n) is 8.56. The Kier molecular flexibility index (Phi) is 6.01. The second-order valence-corrected chi connectivity index (χ2v) is 7.09. The molecular formula is C19H16Cl2N6O2. The molecule has 0 radical (unpaired) electrons. The number of hydrogen-bond acceptors (Lipinski definition) is 6. The second-order valence-electron chi connectivity index (χ2n) is 6.25. The standard InChI is InChI=1S/C19H16Cl2N6O2/c1-10-6-11(9-22)7-12(18(28)23-2)16(10)25-19(29)14-8-15(21)26-27(14)17-13(20)4-3-5-24-17/h3-7,14H,8H2,1-2H3,(H,23,28)(H,25,29). The molecule has 0 saturated carbocycles. The summed E-state index contributed by atoms with van der Waals surface area (Å²) in [5, 5.41) is 20.5. The van der Waals surface area contributed by atoms with Crippen LogP contribution >= 0.6 is 23.2 Å². The van der Waals surface area contributed by atoms with Gasteiger partial charge < -0.3 is 10.6 Å². The molecule has 148 valence electrons. The van der Waals surface area contributed by atoms with E-state index in [4.69, 9.17) is 23.2 Å². The number of carbonyl (C=O) groups is 2. The molecule has 2 N–H and O–H groups in total. The van der Waals surface area contributed by atoms with Crippen LogP contribution in [-0.4, -0.2) is 35.1 Å². The van der Waals surface area contributed by atoms with Gasteiger partial charge in [0.25, 0.3) is 5.91 Å². The monoisotopic (exact) mass is 430 g/mol. The van der Waals surface area contributed by atoms with Crippen LogP contribution < -0.4 is 15.6 Å². The lowest BCUT2D eigenvalue weighted by Crippen LogP contribution is -2.39. The number of carbonyl (C=O) groups excluding carboxylic acids is 2. The number of aromatic nitrogens is 1. The molecule has 8 nitrogen and oxygen atoms in total. The van der Waals surface area contributed by atoms with E-state index < -0.39 is 17.9 Å². The Morgan fingerprint density at radius 3 is 2.76 bits per heavy atom. The summed E-state index contributed by atoms with van der Waals surface area (Å²) < 4.78 is 0. The fourth-order valence-electron chi connectivity index (χ4n) is 2.96. The number of aryl methyl sites for hydroxylation is 1. The van der Waals surface area contributed by atoms with Gasteiger partial charge in [0.2, 0.25) is 5.91 Å². The Hall–Kier alpha value is -3.15. The SMILES string of the molecule is CNC(=O)c1cc(C#N)cc(C)c1NC(=O)C1CC(Cl)=NN1c1ncccc1Cl. The predicted molar refractivity (Wildman–Crippen MR) is 111 cm³/mol. The fourth-order valence-corrected chi connectivity index (χ4v) is 3.39. The Labute approximate surface area is 177 Å². The van der Waals surface area contributed by atoms with Gasteiger partial charge in [0.15, 0.2) is 5.82 Å². The van der Waals surface area contributed by atoms with Gasteiger partial charge in [-0.2, -0.15) is 10.4 Å². The van der Waals surface area contributed by atoms with E-state index in [1.54, 1.807) is 25.1 Å². The molecule has 0 fully saturated rings. The Morgan fingerprint density at radius 1 is 1.34 bits per heavy atom. The first kappa shape index (κ1) is 20.6. The van der Waals surface area contributed by atoms with Crippen LogP contribution in [0, 0.1) is 18.3 Å². The Balaban J connectivity index is 1.95. The first-order valence-corrected chi connectivity index (χ1v) is 9.31. The van der Waals surface area contributed by atoms with Crippen molar-refractivity contribution in [3.63, 3.8) is 0 Å². The van der Waals surface area contributed by atoms with Crippen molar-refractivity contribution in [1.82, 2.24) is 10.3 Å². The lowest BCUT2D eigenvalue weighted by Gasteiger charge is -2.23. The van der Waals surface area contributed by atoms with Crippen LogP contribution in [0.15, 0.2) is 35.6 Å². The highest BCUT2D eigenvalue weighted by Crippen LogP contribution is 2.31. The van der Waals surface area contributed by atoms with Gasteiger partial charge in [-0.25, -0.2) is 9.99 Å². The number of hydrogen-bond donors (Lipinski definition) is 2. The van der Waals surface area contributed by atoms with Crippen LogP contribution in [0.3, 0.4) is 0 Å². The number of hydrazone groups is 1. The molecule has 1 aliphatic rings. The fraction of sp³-hybridized carbons (Fsp3) is 0.211. The van der Waals surface area contributed by atoms with Gasteiger partial charge in [0.05, 0.1) is 27.9 Å². The van der Waals surface area contributed by atoms with E-state index in [2.05, 4.69) is 20.7 Å². The van der Waals surface area contributed by atoms with E-state index in [9.17, 15) is 14.9 Å². The zero-order valence-electron chi connectivity index (χ0n) is 15.5. The van der Waals surface area contributed by atoms with E-state index in [-0.39, 0.29) is 17.2 Å². The zero-order chi connectivity index (χ0) is 21.1. The lowest BCUT2D eigenvalue weighted by molar-refractivity contribution is -0.117. The molecule has 1 aromatic carbocycles. The summed E-state index contributed by atoms with van der Waals surface area (Å²) in [7, 11) is 1.47. The largest absolute Gasteiger partial charge is 0.355 e. The van der Waals surface area contributed by atoms with Crippen LogP contribution in [0.25, 0.3) is 0 Å². The summed E-state index contributed by atoms with van der Waals surface area (Å²) in [5.74, 6) is -0.567. The van der Waals surface area contributed by atoms with Crippen LogP contribution in [0.2, 0.25) is 5.02 Å². The number of benzene rings is 1. The highest BCUT2D eigenvalue weighted by Gasteiger charge is 2.35. The number of halogens is 2. The normalized spacial score (nSPS) is 15.5. The molecule has 0 saturated heterocycles. The number of pyridine rings is 1. The van der Waals surface area contributed by atoms with Crippen molar-refractivity contribution in [2.45, 2.75) is 19.4 Å². The molecule has 0 bridgehead atoms. The number of nitrogens with zero attached hydrogens (tertiary/aromatic N) is 4. The van der Waals surface area contributed by atoms with Crippen molar-refractivity contribution in [1.29, 1.82) is 5.26 Å². The highest BCUT2D eigenvalue weighted by atomic mass is 35.5. The van der Waals surface area contributed by atoms with Crippen molar-refractivity contribution in [3.8, 4) is 6.07 Å². The minimum atomic E-state index is -0.803. The summed E-state index contributed by atoms with van der Waals surface area (Å²) in [6.45, 7) is 1.70. The van der Waals surface area contributed by atoms with E-state index in [1.165, 1.54) is 24.3 Å². The molecule has 29 heavy (non-hydrogen) atoms. The van der Waals surface area contributed by atoms with Gasteiger partial charge in [-0.3, -0.25) is 9.59 Å². The maximum Gasteiger partial charge on any atom is 0.253 e. The van der Waals surface area contributed by atoms with Gasteiger partial charge in [0.1, 0.15) is 11.2 Å². The number of rotatable bonds is 4. The van der Waals surface area contributed by atoms with E-state index in [0.717, 1.165) is 0 Å². The summed E-state index contributed by atoms with van der Waals surface area (Å²) in [5.41, 5.74) is 1.38. The molecule has 3 rings (SSSR count). The van der Waals surface area contributed by atoms with Gasteiger partial charge in [-0.05, 0) is 36.8 Å². The van der Waals surface area contributed by atoms with Crippen molar-refractivity contribution >= 4 is 51.7 Å². The van der Waals surface area contributed by atoms with Gasteiger partial charge >= 0.3 is 0 Å². The van der Waals surface area contributed by atoms with Gasteiger partial charge in [-0.15, -0.1) is 0 Å². The van der Waals surface area contributed by atoms with Crippen molar-refractivity contribution < 1.29 is 9.59 Å². The number of nitriles is 1. The highest BCUT2D eigenvalue weighted by molar-refractivity contribution is 6.66. The zero-order valence-corrected chi connectivity index (χ0v) is 17.0. The minimum absolute atomic E-state index is 0.158. The van der Waals surface area contributed by atoms with Crippen LogP contribution in [0.4, 0.5) is 11.5 Å². The summed E-state index contributed by atoms with van der Waals surface area (Å²) >= 11 is 12.3. The average Bonchev–Trinajstić information content (AvgIpc) is 3.10. The third-order valence-electron chi connectivity index (χ3n) is 4.32. The topological polar surface area (TPSA) is 110 Å². The molecule has 1 aromatic heterocycles. The minimum Gasteiger partial charge on any atom is -0.355 e. The number of nitrogens with one attached hydrogen (secondary N) is 2. The number of anilines is 2. The number of amides is 2. The molecule has 0 aliphatic carbocycles. The van der Waals surface area contributed by atoms with Crippen molar-refractivity contribution in [2.24, 2.45) is 5.10 Å². The third-order valence-corrected chi connectivity index (χ3v) is 4.84. The molecule has 2 aromatic rings. The maximum absolute atomic E-state index is 13.1. The Morgan fingerprint density at radius 2 is 2.10 bits per heavy atom. The molecule has 2 amide bonds. The van der Waals surface area contributed by atoms with E-state index in [0.29, 0.717) is 27.7 Å². The van der Waals surface area contributed by atoms with Crippen LogP contribution in [-0.2, 0) is 4.79 Å². The molecule has 1 unspecified atom stereocenters. The van der Waals surface area contributed by atoms with Gasteiger partial charge in [-0.1, -0.05) is 23.2 Å². The lowest BCUT2D eigenvalue weighted by atomic mass is 10.0. The third kappa shape index (κ3) is 4.16. The maximum atomic E-state index is 13.1. The van der Waals surface area contributed by atoms with Crippen LogP contribution in [0.1, 0.15) is 27.9 Å². The second kappa shape index (κ2) is 8.47. The molecule has 1 aliphatic heterocycles. The molecule has 0 spiro atoms.